The summed E-state index contributed by atoms with van der Waals surface area (Å²) in [4.78, 5) is 11.8. The maximum absolute atomic E-state index is 11.8. The summed E-state index contributed by atoms with van der Waals surface area (Å²) in [6.45, 7) is 0.693. The number of benzene rings is 2. The fourth-order valence-corrected chi connectivity index (χ4v) is 2.00. The van der Waals surface area contributed by atoms with Crippen LogP contribution >= 0.6 is 0 Å². The van der Waals surface area contributed by atoms with Crippen molar-refractivity contribution >= 4 is 5.91 Å². The van der Waals surface area contributed by atoms with Gasteiger partial charge in [0.1, 0.15) is 0 Å². The smallest absolute Gasteiger partial charge is 0.224 e. The van der Waals surface area contributed by atoms with Gasteiger partial charge in [-0.15, -0.1) is 0 Å². The molecule has 2 N–H and O–H groups in total. The van der Waals surface area contributed by atoms with Crippen LogP contribution in [0.3, 0.4) is 0 Å². The van der Waals surface area contributed by atoms with Crippen molar-refractivity contribution in [2.24, 2.45) is 0 Å². The van der Waals surface area contributed by atoms with E-state index in [4.69, 9.17) is 5.11 Å². The number of amides is 1. The van der Waals surface area contributed by atoms with Gasteiger partial charge in [0.15, 0.2) is 0 Å². The Bertz CT molecular complexity index is 535. The number of hydrogen-bond donors (Lipinski definition) is 2. The first-order valence-corrected chi connectivity index (χ1v) is 6.77. The molecule has 0 aliphatic carbocycles. The summed E-state index contributed by atoms with van der Waals surface area (Å²) >= 11 is 0. The van der Waals surface area contributed by atoms with E-state index >= 15 is 0 Å². The number of rotatable bonds is 6. The van der Waals surface area contributed by atoms with E-state index in [0.717, 1.165) is 16.7 Å². The van der Waals surface area contributed by atoms with Crippen LogP contribution < -0.4 is 5.32 Å². The third-order valence-electron chi connectivity index (χ3n) is 3.12. The first-order chi connectivity index (χ1) is 9.78. The van der Waals surface area contributed by atoms with Crippen LogP contribution in [0.15, 0.2) is 54.6 Å². The Morgan fingerprint density at radius 2 is 1.55 bits per heavy atom. The van der Waals surface area contributed by atoms with E-state index in [1.807, 2.05) is 54.6 Å². The second-order valence-electron chi connectivity index (χ2n) is 4.73. The highest BCUT2D eigenvalue weighted by molar-refractivity contribution is 5.78. The summed E-state index contributed by atoms with van der Waals surface area (Å²) in [5.74, 6) is 0.0237. The molecule has 0 unspecified atom stereocenters. The van der Waals surface area contributed by atoms with E-state index in [-0.39, 0.29) is 12.5 Å². The average Bonchev–Trinajstić information content (AvgIpc) is 2.48. The van der Waals surface area contributed by atoms with Crippen LogP contribution in [0.5, 0.6) is 0 Å². The predicted molar refractivity (Wildman–Crippen MR) is 79.2 cm³/mol. The Morgan fingerprint density at radius 1 is 0.900 bits per heavy atom. The quantitative estimate of drug-likeness (QED) is 0.843. The van der Waals surface area contributed by atoms with Crippen LogP contribution in [-0.2, 0) is 24.2 Å². The van der Waals surface area contributed by atoms with Gasteiger partial charge in [-0.3, -0.25) is 4.79 Å². The van der Waals surface area contributed by atoms with Crippen molar-refractivity contribution in [3.8, 4) is 0 Å². The largest absolute Gasteiger partial charge is 0.396 e. The number of nitrogens with one attached hydrogen (secondary N) is 1. The third kappa shape index (κ3) is 4.52. The average molecular weight is 269 g/mol. The molecule has 0 radical (unpaired) electrons. The van der Waals surface area contributed by atoms with Crippen LogP contribution in [0.25, 0.3) is 0 Å². The van der Waals surface area contributed by atoms with Crippen LogP contribution in [0.4, 0.5) is 0 Å². The van der Waals surface area contributed by atoms with Crippen LogP contribution in [0, 0.1) is 0 Å². The highest BCUT2D eigenvalue weighted by atomic mass is 16.2. The Kier molecular flexibility index (Phi) is 5.33. The van der Waals surface area contributed by atoms with Gasteiger partial charge >= 0.3 is 0 Å². The van der Waals surface area contributed by atoms with Crippen molar-refractivity contribution in [1.29, 1.82) is 0 Å². The van der Waals surface area contributed by atoms with Gasteiger partial charge in [0.25, 0.3) is 0 Å². The van der Waals surface area contributed by atoms with Crippen molar-refractivity contribution in [3.05, 3.63) is 71.3 Å². The molecule has 0 bridgehead atoms. The minimum absolute atomic E-state index is 0.0237. The topological polar surface area (TPSA) is 49.3 Å². The van der Waals surface area contributed by atoms with E-state index < -0.39 is 0 Å². The molecule has 0 aliphatic heterocycles. The van der Waals surface area contributed by atoms with E-state index in [1.54, 1.807) is 0 Å². The molecule has 3 nitrogen and oxygen atoms in total. The minimum Gasteiger partial charge on any atom is -0.396 e. The van der Waals surface area contributed by atoms with E-state index in [0.29, 0.717) is 19.4 Å². The van der Waals surface area contributed by atoms with Gasteiger partial charge in [0.05, 0.1) is 6.42 Å². The second-order valence-corrected chi connectivity index (χ2v) is 4.73. The maximum atomic E-state index is 11.8. The van der Waals surface area contributed by atoms with Gasteiger partial charge in [0, 0.05) is 13.2 Å². The van der Waals surface area contributed by atoms with Crippen LogP contribution in [0.2, 0.25) is 0 Å². The first kappa shape index (κ1) is 14.3. The molecule has 2 aromatic carbocycles. The van der Waals surface area contributed by atoms with Gasteiger partial charge in [-0.2, -0.15) is 0 Å². The van der Waals surface area contributed by atoms with Gasteiger partial charge < -0.3 is 10.4 Å². The molecule has 0 aromatic heterocycles. The van der Waals surface area contributed by atoms with Crippen LogP contribution in [0.1, 0.15) is 16.7 Å². The fraction of sp³-hybridized carbons (Fsp3) is 0.235. The number of aliphatic hydroxyl groups is 1. The van der Waals surface area contributed by atoms with E-state index in [9.17, 15) is 4.79 Å². The normalized spacial score (nSPS) is 10.2. The summed E-state index contributed by atoms with van der Waals surface area (Å²) in [6.07, 6.45) is 1.07. The molecule has 0 spiro atoms. The summed E-state index contributed by atoms with van der Waals surface area (Å²) in [7, 11) is 0. The molecule has 0 fully saturated rings. The Hall–Kier alpha value is -2.13. The molecule has 2 aromatic rings. The lowest BCUT2D eigenvalue weighted by Gasteiger charge is -2.06. The van der Waals surface area contributed by atoms with Gasteiger partial charge in [-0.1, -0.05) is 54.6 Å². The zero-order valence-corrected chi connectivity index (χ0v) is 11.4. The number of carbonyl (C=O) groups excluding carboxylic acids is 1. The molecule has 0 heterocycles. The highest BCUT2D eigenvalue weighted by Gasteiger charge is 2.02. The second kappa shape index (κ2) is 7.46. The summed E-state index contributed by atoms with van der Waals surface area (Å²) in [5, 5.41) is 11.8. The first-order valence-electron chi connectivity index (χ1n) is 6.77. The SMILES string of the molecule is O=C(Cc1ccccc1)NCc1ccc(CCO)cc1. The summed E-state index contributed by atoms with van der Waals surface area (Å²) in [5.41, 5.74) is 3.18. The molecule has 2 rings (SSSR count). The Balaban J connectivity index is 1.81. The Labute approximate surface area is 119 Å². The maximum Gasteiger partial charge on any atom is 0.224 e. The van der Waals surface area contributed by atoms with Crippen LogP contribution in [-0.4, -0.2) is 17.6 Å². The monoisotopic (exact) mass is 269 g/mol. The summed E-state index contributed by atoms with van der Waals surface area (Å²) < 4.78 is 0. The van der Waals surface area contributed by atoms with Crippen molar-refractivity contribution in [1.82, 2.24) is 5.32 Å². The minimum atomic E-state index is 0.0237. The molecule has 0 saturated carbocycles. The van der Waals surface area contributed by atoms with E-state index in [2.05, 4.69) is 5.32 Å². The zero-order chi connectivity index (χ0) is 14.2. The molecule has 0 atom stereocenters. The number of carbonyl (C=O) groups is 1. The van der Waals surface area contributed by atoms with Crippen molar-refractivity contribution in [2.45, 2.75) is 19.4 Å². The van der Waals surface area contributed by atoms with Gasteiger partial charge in [0.2, 0.25) is 5.91 Å². The van der Waals surface area contributed by atoms with Crippen molar-refractivity contribution in [3.63, 3.8) is 0 Å². The predicted octanol–water partition coefficient (Wildman–Crippen LogP) is 2.08. The Morgan fingerprint density at radius 3 is 2.20 bits per heavy atom. The van der Waals surface area contributed by atoms with E-state index in [1.165, 1.54) is 0 Å². The third-order valence-corrected chi connectivity index (χ3v) is 3.12. The van der Waals surface area contributed by atoms with Gasteiger partial charge in [-0.05, 0) is 23.1 Å². The van der Waals surface area contributed by atoms with Gasteiger partial charge in [-0.25, -0.2) is 0 Å². The molecule has 3 heteroatoms. The molecule has 0 saturated heterocycles. The standard InChI is InChI=1S/C17H19NO2/c19-11-10-14-6-8-16(9-7-14)13-18-17(20)12-15-4-2-1-3-5-15/h1-9,19H,10-13H2,(H,18,20). The molecule has 0 aliphatic rings. The molecule has 1 amide bonds. The molecular weight excluding hydrogens is 250 g/mol. The molecular formula is C17H19NO2. The van der Waals surface area contributed by atoms with Crippen molar-refractivity contribution < 1.29 is 9.90 Å². The molecule has 20 heavy (non-hydrogen) atoms. The summed E-state index contributed by atoms with van der Waals surface area (Å²) in [6, 6.07) is 17.6. The molecule has 104 valence electrons. The highest BCUT2D eigenvalue weighted by Crippen LogP contribution is 2.05. The lowest BCUT2D eigenvalue weighted by atomic mass is 10.1. The van der Waals surface area contributed by atoms with Crippen molar-refractivity contribution in [2.75, 3.05) is 6.61 Å². The number of hydrogen-bond acceptors (Lipinski definition) is 2. The number of aliphatic hydroxyl groups excluding tert-OH is 1. The zero-order valence-electron chi connectivity index (χ0n) is 11.4. The lowest BCUT2D eigenvalue weighted by Crippen LogP contribution is -2.24. The fourth-order valence-electron chi connectivity index (χ4n) is 2.00. The lowest BCUT2D eigenvalue weighted by molar-refractivity contribution is -0.120.